The molecule has 1 rings (SSSR count). The zero-order valence-electron chi connectivity index (χ0n) is 19.4. The van der Waals surface area contributed by atoms with Crippen molar-refractivity contribution in [2.24, 2.45) is 0 Å². The maximum absolute atomic E-state index is 12.0. The van der Waals surface area contributed by atoms with Crippen molar-refractivity contribution in [3.8, 4) is 0 Å². The molecule has 1 aromatic rings. The molecule has 1 aromatic heterocycles. The Morgan fingerprint density at radius 2 is 1.10 bits per heavy atom. The summed E-state index contributed by atoms with van der Waals surface area (Å²) < 4.78 is 0.837. The van der Waals surface area contributed by atoms with Crippen LogP contribution in [0.3, 0.4) is 0 Å². The van der Waals surface area contributed by atoms with Crippen LogP contribution in [-0.2, 0) is 13.2 Å². The molecular formula is C25H46N2O3. The summed E-state index contributed by atoms with van der Waals surface area (Å²) in [5.74, 6) is 0. The Bertz CT molecular complexity index is 636. The first-order valence-electron chi connectivity index (χ1n) is 12.6. The number of aliphatic hydroxyl groups is 1. The monoisotopic (exact) mass is 422 g/mol. The molecule has 0 radical (unpaired) electrons. The van der Waals surface area contributed by atoms with Gasteiger partial charge in [0.1, 0.15) is 6.73 Å². The maximum Gasteiger partial charge on any atom is 0.330 e. The summed E-state index contributed by atoms with van der Waals surface area (Å²) in [6.45, 7) is 1.71. The molecule has 0 aliphatic rings. The van der Waals surface area contributed by atoms with E-state index in [9.17, 15) is 9.59 Å². The van der Waals surface area contributed by atoms with Gasteiger partial charge in [0.15, 0.2) is 0 Å². The van der Waals surface area contributed by atoms with Gasteiger partial charge in [0, 0.05) is 11.8 Å². The molecule has 30 heavy (non-hydrogen) atoms. The molecule has 0 amide bonds. The number of aromatic nitrogens is 2. The first-order chi connectivity index (χ1) is 14.7. The number of aromatic amines is 1. The number of unbranched alkanes of at least 4 members (excludes halogenated alkanes) is 17. The van der Waals surface area contributed by atoms with Crippen LogP contribution < -0.4 is 11.2 Å². The van der Waals surface area contributed by atoms with Gasteiger partial charge < -0.3 is 10.1 Å². The lowest BCUT2D eigenvalue weighted by molar-refractivity contribution is 0.199. The minimum absolute atomic E-state index is 0.367. The van der Waals surface area contributed by atoms with Gasteiger partial charge in [-0.3, -0.25) is 4.79 Å². The van der Waals surface area contributed by atoms with Crippen molar-refractivity contribution >= 4 is 0 Å². The molecule has 0 saturated carbocycles. The Balaban J connectivity index is 1.86. The van der Waals surface area contributed by atoms with E-state index < -0.39 is 12.4 Å². The van der Waals surface area contributed by atoms with Crippen molar-refractivity contribution < 1.29 is 5.11 Å². The summed E-state index contributed by atoms with van der Waals surface area (Å²) in [6.07, 6.45) is 26.3. The molecule has 0 fully saturated rings. The van der Waals surface area contributed by atoms with Crippen LogP contribution in [0.25, 0.3) is 0 Å². The van der Waals surface area contributed by atoms with Gasteiger partial charge in [0.05, 0.1) is 0 Å². The van der Waals surface area contributed by atoms with Gasteiger partial charge in [-0.15, -0.1) is 0 Å². The number of nitrogens with zero attached hydrogens (tertiary/aromatic N) is 1. The normalized spacial score (nSPS) is 11.3. The Kier molecular flexibility index (Phi) is 16.4. The second-order valence-corrected chi connectivity index (χ2v) is 8.75. The molecule has 0 aromatic carbocycles. The molecule has 0 atom stereocenters. The highest BCUT2D eigenvalue weighted by Crippen LogP contribution is 2.14. The van der Waals surface area contributed by atoms with E-state index in [1.54, 1.807) is 0 Å². The lowest BCUT2D eigenvalue weighted by Gasteiger charge is -2.05. The molecule has 174 valence electrons. The summed E-state index contributed by atoms with van der Waals surface area (Å²) in [6, 6.07) is 0. The van der Waals surface area contributed by atoms with Gasteiger partial charge >= 0.3 is 5.69 Å². The number of hydrogen-bond donors (Lipinski definition) is 2. The highest BCUT2D eigenvalue weighted by molar-refractivity contribution is 5.04. The van der Waals surface area contributed by atoms with E-state index in [0.717, 1.165) is 17.4 Å². The summed E-state index contributed by atoms with van der Waals surface area (Å²) in [4.78, 5) is 25.9. The smallest absolute Gasteiger partial charge is 0.330 e. The third-order valence-electron chi connectivity index (χ3n) is 6.08. The van der Waals surface area contributed by atoms with Gasteiger partial charge in [0.25, 0.3) is 5.56 Å². The molecule has 0 unspecified atom stereocenters. The second kappa shape index (κ2) is 18.4. The highest BCUT2D eigenvalue weighted by atomic mass is 16.3. The number of H-pyrrole nitrogens is 1. The van der Waals surface area contributed by atoms with Crippen LogP contribution in [0, 0.1) is 0 Å². The van der Waals surface area contributed by atoms with Crippen molar-refractivity contribution in [3.05, 3.63) is 32.6 Å². The van der Waals surface area contributed by atoms with Crippen molar-refractivity contribution in [2.75, 3.05) is 0 Å². The molecule has 2 N–H and O–H groups in total. The molecule has 0 bridgehead atoms. The first kappa shape index (κ1) is 26.7. The highest BCUT2D eigenvalue weighted by Gasteiger charge is 2.06. The molecule has 1 heterocycles. The average molecular weight is 423 g/mol. The molecule has 0 aliphatic carbocycles. The van der Waals surface area contributed by atoms with Crippen molar-refractivity contribution in [1.29, 1.82) is 0 Å². The Morgan fingerprint density at radius 1 is 0.700 bits per heavy atom. The third kappa shape index (κ3) is 12.4. The first-order valence-corrected chi connectivity index (χ1v) is 12.6. The fourth-order valence-corrected chi connectivity index (χ4v) is 4.08. The summed E-state index contributed by atoms with van der Waals surface area (Å²) in [7, 11) is 0. The van der Waals surface area contributed by atoms with E-state index in [-0.39, 0.29) is 5.56 Å². The van der Waals surface area contributed by atoms with E-state index in [0.29, 0.717) is 12.0 Å². The molecular weight excluding hydrogens is 376 g/mol. The SMILES string of the molecule is CCCCCCCCCCCCCCCCCCCCc1c[nH]c(=O)n(CO)c1=O. The number of rotatable bonds is 20. The average Bonchev–Trinajstić information content (AvgIpc) is 2.74. The minimum Gasteiger partial charge on any atom is -0.376 e. The van der Waals surface area contributed by atoms with Crippen molar-refractivity contribution in [2.45, 2.75) is 136 Å². The predicted octanol–water partition coefficient (Wildman–Crippen LogP) is 6.07. The van der Waals surface area contributed by atoms with Gasteiger partial charge in [-0.05, 0) is 12.8 Å². The largest absolute Gasteiger partial charge is 0.376 e. The standard InChI is InChI=1S/C25H46N2O3/c1-2-3-4-5-6-7-8-9-10-11-12-13-14-15-16-17-18-19-20-23-21-26-25(30)27(22-28)24(23)29/h21,28H,2-20,22H2,1H3,(H,26,30). The molecule has 5 nitrogen and oxygen atoms in total. The third-order valence-corrected chi connectivity index (χ3v) is 6.08. The maximum atomic E-state index is 12.0. The van der Waals surface area contributed by atoms with Crippen LogP contribution in [0.2, 0.25) is 0 Å². The van der Waals surface area contributed by atoms with E-state index in [1.807, 2.05) is 0 Å². The second-order valence-electron chi connectivity index (χ2n) is 8.75. The van der Waals surface area contributed by atoms with E-state index in [4.69, 9.17) is 5.11 Å². The summed E-state index contributed by atoms with van der Waals surface area (Å²) in [5, 5.41) is 9.09. The summed E-state index contributed by atoms with van der Waals surface area (Å²) >= 11 is 0. The number of nitrogens with one attached hydrogen (secondary N) is 1. The quantitative estimate of drug-likeness (QED) is 0.250. The van der Waals surface area contributed by atoms with Crippen LogP contribution >= 0.6 is 0 Å². The molecule has 5 heteroatoms. The zero-order chi connectivity index (χ0) is 21.9. The lowest BCUT2D eigenvalue weighted by Crippen LogP contribution is -2.36. The van der Waals surface area contributed by atoms with E-state index in [1.165, 1.54) is 109 Å². The number of hydrogen-bond acceptors (Lipinski definition) is 3. The fraction of sp³-hybridized carbons (Fsp3) is 0.840. The van der Waals surface area contributed by atoms with Gasteiger partial charge in [-0.25, -0.2) is 9.36 Å². The van der Waals surface area contributed by atoms with Crippen LogP contribution in [0.5, 0.6) is 0 Å². The van der Waals surface area contributed by atoms with Crippen LogP contribution in [-0.4, -0.2) is 14.7 Å². The number of aryl methyl sites for hydroxylation is 1. The topological polar surface area (TPSA) is 75.1 Å². The van der Waals surface area contributed by atoms with Crippen LogP contribution in [0.15, 0.2) is 15.8 Å². The summed E-state index contributed by atoms with van der Waals surface area (Å²) in [5.41, 5.74) is -0.336. The Hall–Kier alpha value is -1.36. The van der Waals surface area contributed by atoms with E-state index >= 15 is 0 Å². The molecule has 0 spiro atoms. The minimum atomic E-state index is -0.568. The van der Waals surface area contributed by atoms with Gasteiger partial charge in [-0.1, -0.05) is 116 Å². The van der Waals surface area contributed by atoms with Gasteiger partial charge in [-0.2, -0.15) is 0 Å². The van der Waals surface area contributed by atoms with Crippen molar-refractivity contribution in [1.82, 2.24) is 9.55 Å². The zero-order valence-corrected chi connectivity index (χ0v) is 19.4. The predicted molar refractivity (Wildman–Crippen MR) is 126 cm³/mol. The Labute approximate surface area is 183 Å². The molecule has 0 saturated heterocycles. The van der Waals surface area contributed by atoms with Gasteiger partial charge in [0.2, 0.25) is 0 Å². The van der Waals surface area contributed by atoms with E-state index in [2.05, 4.69) is 11.9 Å². The fourth-order valence-electron chi connectivity index (χ4n) is 4.08. The van der Waals surface area contributed by atoms with Crippen LogP contribution in [0.1, 0.15) is 128 Å². The van der Waals surface area contributed by atoms with Crippen molar-refractivity contribution in [3.63, 3.8) is 0 Å². The van der Waals surface area contributed by atoms with Crippen LogP contribution in [0.4, 0.5) is 0 Å². The Morgan fingerprint density at radius 3 is 1.50 bits per heavy atom. The lowest BCUT2D eigenvalue weighted by atomic mass is 10.0. The number of aliphatic hydroxyl groups excluding tert-OH is 1. The molecule has 0 aliphatic heterocycles.